The molecule has 172 valence electrons. The first-order valence-corrected chi connectivity index (χ1v) is 10.8. The number of hydrogen-bond donors (Lipinski definition) is 0. The Bertz CT molecular complexity index is 1100. The van der Waals surface area contributed by atoms with E-state index in [-0.39, 0.29) is 31.8 Å². The highest BCUT2D eigenvalue weighted by molar-refractivity contribution is 6.31. The Morgan fingerprint density at radius 2 is 2.06 bits per heavy atom. The molecule has 9 heteroatoms. The van der Waals surface area contributed by atoms with E-state index in [9.17, 15) is 14.4 Å². The number of anilines is 2. The minimum absolute atomic E-state index is 0.00123. The highest BCUT2D eigenvalue weighted by Gasteiger charge is 2.36. The van der Waals surface area contributed by atoms with Crippen LogP contribution in [-0.2, 0) is 19.1 Å². The zero-order chi connectivity index (χ0) is 24.0. The Morgan fingerprint density at radius 3 is 2.76 bits per heavy atom. The SMILES string of the molecule is COc1cccc(N2CC(C(=O)OCC(=O)N(CCC#N)c3ccc(Cl)c(C)c3)CC2=O)c1. The molecule has 0 aromatic heterocycles. The van der Waals surface area contributed by atoms with Crippen molar-refractivity contribution in [1.82, 2.24) is 0 Å². The van der Waals surface area contributed by atoms with Gasteiger partial charge >= 0.3 is 5.97 Å². The maximum absolute atomic E-state index is 12.8. The predicted octanol–water partition coefficient (Wildman–Crippen LogP) is 3.50. The number of hydrogen-bond acceptors (Lipinski definition) is 6. The first kappa shape index (κ1) is 24.1. The molecule has 1 saturated heterocycles. The first-order chi connectivity index (χ1) is 15.8. The van der Waals surface area contributed by atoms with Gasteiger partial charge in [-0.25, -0.2) is 0 Å². The lowest BCUT2D eigenvalue weighted by Crippen LogP contribution is -2.36. The van der Waals surface area contributed by atoms with Crippen LogP contribution >= 0.6 is 11.6 Å². The average molecular weight is 470 g/mol. The van der Waals surface area contributed by atoms with Crippen LogP contribution in [0.4, 0.5) is 11.4 Å². The summed E-state index contributed by atoms with van der Waals surface area (Å²) >= 11 is 6.07. The molecule has 1 unspecified atom stereocenters. The molecule has 33 heavy (non-hydrogen) atoms. The minimum Gasteiger partial charge on any atom is -0.497 e. The number of carbonyl (C=O) groups is 3. The van der Waals surface area contributed by atoms with Gasteiger partial charge in [-0.3, -0.25) is 14.4 Å². The summed E-state index contributed by atoms with van der Waals surface area (Å²) in [5, 5.41) is 9.50. The third kappa shape index (κ3) is 5.82. The van der Waals surface area contributed by atoms with Gasteiger partial charge in [0.15, 0.2) is 6.61 Å². The number of halogens is 1. The Kier molecular flexibility index (Phi) is 7.91. The second-order valence-electron chi connectivity index (χ2n) is 7.60. The molecule has 0 radical (unpaired) electrons. The summed E-state index contributed by atoms with van der Waals surface area (Å²) in [6.07, 6.45) is 0.118. The number of methoxy groups -OCH3 is 1. The van der Waals surface area contributed by atoms with Crippen molar-refractivity contribution in [1.29, 1.82) is 5.26 Å². The summed E-state index contributed by atoms with van der Waals surface area (Å²) in [4.78, 5) is 40.8. The van der Waals surface area contributed by atoms with E-state index in [2.05, 4.69) is 0 Å². The molecule has 2 amide bonds. The van der Waals surface area contributed by atoms with Crippen molar-refractivity contribution >= 4 is 40.8 Å². The summed E-state index contributed by atoms with van der Waals surface area (Å²) in [7, 11) is 1.54. The molecule has 0 spiro atoms. The summed E-state index contributed by atoms with van der Waals surface area (Å²) < 4.78 is 10.4. The van der Waals surface area contributed by atoms with Gasteiger partial charge < -0.3 is 19.3 Å². The summed E-state index contributed by atoms with van der Waals surface area (Å²) in [6, 6.07) is 14.1. The molecule has 0 bridgehead atoms. The zero-order valence-corrected chi connectivity index (χ0v) is 19.2. The van der Waals surface area contributed by atoms with Gasteiger partial charge in [0.05, 0.1) is 25.5 Å². The van der Waals surface area contributed by atoms with Crippen LogP contribution in [0.5, 0.6) is 5.75 Å². The number of nitrogens with zero attached hydrogens (tertiary/aromatic N) is 3. The maximum Gasteiger partial charge on any atom is 0.311 e. The van der Waals surface area contributed by atoms with Crippen molar-refractivity contribution in [3.05, 3.63) is 53.1 Å². The summed E-state index contributed by atoms with van der Waals surface area (Å²) in [5.41, 5.74) is 1.97. The molecule has 1 aliphatic rings. The van der Waals surface area contributed by atoms with Crippen LogP contribution in [0.15, 0.2) is 42.5 Å². The number of amides is 2. The molecule has 0 saturated carbocycles. The molecule has 2 aromatic rings. The Labute approximate surface area is 197 Å². The van der Waals surface area contributed by atoms with E-state index >= 15 is 0 Å². The summed E-state index contributed by atoms with van der Waals surface area (Å²) in [6.45, 7) is 1.63. The lowest BCUT2D eigenvalue weighted by molar-refractivity contribution is -0.151. The van der Waals surface area contributed by atoms with E-state index in [1.807, 2.05) is 13.0 Å². The smallest absolute Gasteiger partial charge is 0.311 e. The van der Waals surface area contributed by atoms with Gasteiger partial charge in [-0.15, -0.1) is 0 Å². The second kappa shape index (κ2) is 10.8. The minimum atomic E-state index is -0.679. The Morgan fingerprint density at radius 1 is 1.27 bits per heavy atom. The molecule has 1 fully saturated rings. The van der Waals surface area contributed by atoms with Crippen LogP contribution in [0.3, 0.4) is 0 Å². The van der Waals surface area contributed by atoms with Gasteiger partial charge in [-0.2, -0.15) is 5.26 Å². The average Bonchev–Trinajstić information content (AvgIpc) is 3.21. The maximum atomic E-state index is 12.8. The van der Waals surface area contributed by atoms with Crippen LogP contribution in [0.25, 0.3) is 0 Å². The largest absolute Gasteiger partial charge is 0.497 e. The predicted molar refractivity (Wildman–Crippen MR) is 123 cm³/mol. The molecular formula is C24H24ClN3O5. The molecule has 3 rings (SSSR count). The van der Waals surface area contributed by atoms with E-state index in [0.717, 1.165) is 5.56 Å². The van der Waals surface area contributed by atoms with Gasteiger partial charge in [0.25, 0.3) is 5.91 Å². The highest BCUT2D eigenvalue weighted by atomic mass is 35.5. The number of ether oxygens (including phenoxy) is 2. The topological polar surface area (TPSA) is 99.9 Å². The van der Waals surface area contributed by atoms with Crippen LogP contribution in [-0.4, -0.2) is 44.6 Å². The fourth-order valence-corrected chi connectivity index (χ4v) is 3.70. The molecule has 1 atom stereocenters. The third-order valence-corrected chi connectivity index (χ3v) is 5.79. The number of nitriles is 1. The Balaban J connectivity index is 1.63. The van der Waals surface area contributed by atoms with Gasteiger partial charge in [-0.05, 0) is 42.8 Å². The van der Waals surface area contributed by atoms with Gasteiger partial charge in [0.2, 0.25) is 5.91 Å². The molecule has 0 aliphatic carbocycles. The number of carbonyl (C=O) groups excluding carboxylic acids is 3. The molecular weight excluding hydrogens is 446 g/mol. The molecule has 1 heterocycles. The molecule has 1 aliphatic heterocycles. The van der Waals surface area contributed by atoms with Crippen LogP contribution in [0.1, 0.15) is 18.4 Å². The van der Waals surface area contributed by atoms with Gasteiger partial charge in [-0.1, -0.05) is 17.7 Å². The molecule has 2 aromatic carbocycles. The van der Waals surface area contributed by atoms with Crippen molar-refractivity contribution in [2.24, 2.45) is 5.92 Å². The first-order valence-electron chi connectivity index (χ1n) is 10.4. The Hall–Kier alpha value is -3.57. The lowest BCUT2D eigenvalue weighted by atomic mass is 10.1. The fourth-order valence-electron chi connectivity index (χ4n) is 3.58. The number of benzene rings is 2. The van der Waals surface area contributed by atoms with E-state index in [4.69, 9.17) is 26.3 Å². The normalized spacial score (nSPS) is 15.2. The number of aryl methyl sites for hydroxylation is 1. The van der Waals surface area contributed by atoms with Crippen LogP contribution < -0.4 is 14.5 Å². The standard InChI is InChI=1S/C24H24ClN3O5/c1-16-11-19(7-8-21(16)25)27(10-4-9-26)23(30)15-33-24(31)17-12-22(29)28(14-17)18-5-3-6-20(13-18)32-2/h3,5-8,11,13,17H,4,10,12,14-15H2,1-2H3. The molecule has 0 N–H and O–H groups in total. The quantitative estimate of drug-likeness (QED) is 0.548. The second-order valence-corrected chi connectivity index (χ2v) is 8.01. The number of esters is 1. The van der Waals surface area contributed by atoms with Gasteiger partial charge in [0.1, 0.15) is 5.75 Å². The fraction of sp³-hybridized carbons (Fsp3) is 0.333. The lowest BCUT2D eigenvalue weighted by Gasteiger charge is -2.22. The molecule has 8 nitrogen and oxygen atoms in total. The number of rotatable bonds is 8. The van der Waals surface area contributed by atoms with Crippen molar-refractivity contribution in [2.45, 2.75) is 19.8 Å². The van der Waals surface area contributed by atoms with Crippen molar-refractivity contribution < 1.29 is 23.9 Å². The van der Waals surface area contributed by atoms with E-state index in [0.29, 0.717) is 22.1 Å². The van der Waals surface area contributed by atoms with Crippen LogP contribution in [0, 0.1) is 24.2 Å². The highest BCUT2D eigenvalue weighted by Crippen LogP contribution is 2.28. The van der Waals surface area contributed by atoms with Crippen molar-refractivity contribution in [3.63, 3.8) is 0 Å². The van der Waals surface area contributed by atoms with Crippen molar-refractivity contribution in [3.8, 4) is 11.8 Å². The van der Waals surface area contributed by atoms with E-state index in [1.54, 1.807) is 42.5 Å². The van der Waals surface area contributed by atoms with Crippen molar-refractivity contribution in [2.75, 3.05) is 36.6 Å². The van der Waals surface area contributed by atoms with E-state index < -0.39 is 24.4 Å². The van der Waals surface area contributed by atoms with E-state index in [1.165, 1.54) is 16.9 Å². The van der Waals surface area contributed by atoms with Gasteiger partial charge in [0, 0.05) is 42.0 Å². The summed E-state index contributed by atoms with van der Waals surface area (Å²) in [5.74, 6) is -1.36. The third-order valence-electron chi connectivity index (χ3n) is 5.36. The zero-order valence-electron chi connectivity index (χ0n) is 18.4. The monoisotopic (exact) mass is 469 g/mol. The van der Waals surface area contributed by atoms with Crippen LogP contribution in [0.2, 0.25) is 5.02 Å².